The van der Waals surface area contributed by atoms with Crippen molar-refractivity contribution in [3.05, 3.63) is 29.8 Å². The number of nitrogens with one attached hydrogen (secondary N) is 1. The number of hydrogen-bond donors (Lipinski definition) is 1. The Morgan fingerprint density at radius 1 is 1.20 bits per heavy atom. The summed E-state index contributed by atoms with van der Waals surface area (Å²) in [6.07, 6.45) is 3.95. The van der Waals surface area contributed by atoms with Crippen LogP contribution >= 0.6 is 0 Å². The Morgan fingerprint density at radius 3 is 2.73 bits per heavy atom. The van der Waals surface area contributed by atoms with Crippen LogP contribution in [0.25, 0.3) is 0 Å². The lowest BCUT2D eigenvalue weighted by molar-refractivity contribution is 0.414. The van der Waals surface area contributed by atoms with Crippen LogP contribution < -0.4 is 10.1 Å². The third kappa shape index (κ3) is 2.72. The van der Waals surface area contributed by atoms with Crippen LogP contribution in [0.5, 0.6) is 5.75 Å². The van der Waals surface area contributed by atoms with Gasteiger partial charge in [-0.05, 0) is 43.0 Å². The molecule has 0 spiro atoms. The van der Waals surface area contributed by atoms with Crippen LogP contribution in [0.4, 0.5) is 0 Å². The summed E-state index contributed by atoms with van der Waals surface area (Å²) >= 11 is 0. The zero-order chi connectivity index (χ0) is 10.5. The van der Waals surface area contributed by atoms with Crippen molar-refractivity contribution in [2.75, 3.05) is 20.2 Å². The van der Waals surface area contributed by atoms with E-state index in [1.54, 1.807) is 7.11 Å². The van der Waals surface area contributed by atoms with Gasteiger partial charge in [0.2, 0.25) is 0 Å². The molecule has 2 heteroatoms. The minimum Gasteiger partial charge on any atom is -0.497 e. The summed E-state index contributed by atoms with van der Waals surface area (Å²) in [4.78, 5) is 0. The molecule has 1 aliphatic heterocycles. The fourth-order valence-corrected chi connectivity index (χ4v) is 2.18. The molecular formula is C13H19NO. The number of rotatable bonds is 2. The van der Waals surface area contributed by atoms with E-state index in [1.807, 2.05) is 0 Å². The van der Waals surface area contributed by atoms with Crippen molar-refractivity contribution in [1.29, 1.82) is 0 Å². The molecule has 1 heterocycles. The van der Waals surface area contributed by atoms with Gasteiger partial charge < -0.3 is 10.1 Å². The van der Waals surface area contributed by atoms with E-state index in [0.717, 1.165) is 12.3 Å². The quantitative estimate of drug-likeness (QED) is 0.801. The molecule has 1 aromatic carbocycles. The van der Waals surface area contributed by atoms with Crippen LogP contribution in [0.2, 0.25) is 0 Å². The van der Waals surface area contributed by atoms with Gasteiger partial charge in [-0.3, -0.25) is 0 Å². The van der Waals surface area contributed by atoms with Crippen molar-refractivity contribution in [1.82, 2.24) is 5.32 Å². The maximum atomic E-state index is 5.17. The lowest BCUT2D eigenvalue weighted by atomic mass is 9.94. The van der Waals surface area contributed by atoms with Gasteiger partial charge in [0.1, 0.15) is 5.75 Å². The Morgan fingerprint density at radius 2 is 2.00 bits per heavy atom. The van der Waals surface area contributed by atoms with Gasteiger partial charge in [0, 0.05) is 6.54 Å². The Hall–Kier alpha value is -1.02. The van der Waals surface area contributed by atoms with Crippen molar-refractivity contribution in [3.63, 3.8) is 0 Å². The fraction of sp³-hybridized carbons (Fsp3) is 0.538. The minimum absolute atomic E-state index is 0.679. The van der Waals surface area contributed by atoms with E-state index < -0.39 is 0 Å². The lowest BCUT2D eigenvalue weighted by Gasteiger charge is -2.14. The molecule has 0 radical (unpaired) electrons. The van der Waals surface area contributed by atoms with Gasteiger partial charge >= 0.3 is 0 Å². The Bertz CT molecular complexity index is 286. The topological polar surface area (TPSA) is 21.3 Å². The highest BCUT2D eigenvalue weighted by Crippen LogP contribution is 2.24. The summed E-state index contributed by atoms with van der Waals surface area (Å²) in [5.74, 6) is 1.62. The lowest BCUT2D eigenvalue weighted by Crippen LogP contribution is -2.19. The van der Waals surface area contributed by atoms with Crippen LogP contribution in [-0.2, 0) is 0 Å². The molecule has 2 rings (SSSR count). The monoisotopic (exact) mass is 205 g/mol. The summed E-state index contributed by atoms with van der Waals surface area (Å²) in [7, 11) is 1.71. The maximum absolute atomic E-state index is 5.17. The third-order valence-electron chi connectivity index (χ3n) is 3.13. The van der Waals surface area contributed by atoms with Crippen LogP contribution in [-0.4, -0.2) is 20.2 Å². The molecular weight excluding hydrogens is 186 g/mol. The molecule has 0 aliphatic carbocycles. The highest BCUT2D eigenvalue weighted by Gasteiger charge is 2.13. The number of benzene rings is 1. The molecule has 0 saturated carbocycles. The largest absolute Gasteiger partial charge is 0.497 e. The zero-order valence-corrected chi connectivity index (χ0v) is 9.33. The molecule has 1 atom stereocenters. The van der Waals surface area contributed by atoms with E-state index in [2.05, 4.69) is 29.6 Å². The van der Waals surface area contributed by atoms with E-state index in [1.165, 1.54) is 31.4 Å². The molecule has 1 N–H and O–H groups in total. The second-order valence-electron chi connectivity index (χ2n) is 4.17. The molecule has 1 saturated heterocycles. The van der Waals surface area contributed by atoms with E-state index in [-0.39, 0.29) is 0 Å². The van der Waals surface area contributed by atoms with E-state index in [4.69, 9.17) is 4.74 Å². The van der Waals surface area contributed by atoms with Gasteiger partial charge in [-0.25, -0.2) is 0 Å². The van der Waals surface area contributed by atoms with Gasteiger partial charge in [0.25, 0.3) is 0 Å². The number of ether oxygens (including phenoxy) is 1. The van der Waals surface area contributed by atoms with Gasteiger partial charge in [0.05, 0.1) is 7.11 Å². The summed E-state index contributed by atoms with van der Waals surface area (Å²) in [5.41, 5.74) is 1.44. The molecule has 15 heavy (non-hydrogen) atoms. The van der Waals surface area contributed by atoms with Crippen molar-refractivity contribution in [2.45, 2.75) is 25.2 Å². The SMILES string of the molecule is COc1ccc([C@H]2CCCCNC2)cc1. The van der Waals surface area contributed by atoms with Crippen LogP contribution in [0, 0.1) is 0 Å². The maximum Gasteiger partial charge on any atom is 0.118 e. The van der Waals surface area contributed by atoms with Gasteiger partial charge in [0.15, 0.2) is 0 Å². The smallest absolute Gasteiger partial charge is 0.118 e. The first-order valence-corrected chi connectivity index (χ1v) is 5.75. The highest BCUT2D eigenvalue weighted by molar-refractivity contribution is 5.29. The van der Waals surface area contributed by atoms with Crippen molar-refractivity contribution >= 4 is 0 Å². The number of hydrogen-bond acceptors (Lipinski definition) is 2. The van der Waals surface area contributed by atoms with Crippen molar-refractivity contribution in [2.24, 2.45) is 0 Å². The summed E-state index contributed by atoms with van der Waals surface area (Å²) in [5, 5.41) is 3.49. The summed E-state index contributed by atoms with van der Waals surface area (Å²) in [6, 6.07) is 8.49. The normalized spacial score (nSPS) is 22.1. The van der Waals surface area contributed by atoms with E-state index >= 15 is 0 Å². The highest BCUT2D eigenvalue weighted by atomic mass is 16.5. The first-order valence-electron chi connectivity index (χ1n) is 5.75. The Labute approximate surface area is 91.6 Å². The molecule has 1 fully saturated rings. The molecule has 1 aliphatic rings. The molecule has 0 bridgehead atoms. The molecule has 2 nitrogen and oxygen atoms in total. The fourth-order valence-electron chi connectivity index (χ4n) is 2.18. The first-order chi connectivity index (χ1) is 7.40. The molecule has 82 valence electrons. The van der Waals surface area contributed by atoms with Crippen LogP contribution in [0.3, 0.4) is 0 Å². The van der Waals surface area contributed by atoms with Crippen LogP contribution in [0.1, 0.15) is 30.7 Å². The van der Waals surface area contributed by atoms with E-state index in [9.17, 15) is 0 Å². The predicted molar refractivity (Wildman–Crippen MR) is 62.5 cm³/mol. The zero-order valence-electron chi connectivity index (χ0n) is 9.33. The van der Waals surface area contributed by atoms with Crippen LogP contribution in [0.15, 0.2) is 24.3 Å². The second kappa shape index (κ2) is 5.17. The average Bonchev–Trinajstić information content (AvgIpc) is 2.58. The van der Waals surface area contributed by atoms with Gasteiger partial charge in [-0.2, -0.15) is 0 Å². The van der Waals surface area contributed by atoms with E-state index in [0.29, 0.717) is 5.92 Å². The molecule has 0 amide bonds. The Balaban J connectivity index is 2.06. The van der Waals surface area contributed by atoms with Crippen molar-refractivity contribution < 1.29 is 4.74 Å². The third-order valence-corrected chi connectivity index (χ3v) is 3.13. The van der Waals surface area contributed by atoms with Crippen molar-refractivity contribution in [3.8, 4) is 5.75 Å². The first kappa shape index (κ1) is 10.5. The summed E-state index contributed by atoms with van der Waals surface area (Å²) < 4.78 is 5.17. The van der Waals surface area contributed by atoms with Gasteiger partial charge in [-0.1, -0.05) is 18.6 Å². The molecule has 1 aromatic rings. The predicted octanol–water partition coefficient (Wildman–Crippen LogP) is 2.55. The minimum atomic E-state index is 0.679. The Kier molecular flexibility index (Phi) is 3.62. The summed E-state index contributed by atoms with van der Waals surface area (Å²) in [6.45, 7) is 2.29. The molecule has 0 aromatic heterocycles. The number of methoxy groups -OCH3 is 1. The van der Waals surface area contributed by atoms with Gasteiger partial charge in [-0.15, -0.1) is 0 Å². The second-order valence-corrected chi connectivity index (χ2v) is 4.17. The molecule has 0 unspecified atom stereocenters. The average molecular weight is 205 g/mol. The standard InChI is InChI=1S/C13H19NO/c1-15-13-7-5-11(6-8-13)12-4-2-3-9-14-10-12/h5-8,12,14H,2-4,9-10H2,1H3/t12-/m0/s1.